The standard InChI is InChI=1S/C17H19NO4S/c1-3-23-10-12-4-6-13(7-5-12)16(19)18-9-14-8-15(17(20)21)11(2)22-14/h4-8H,3,9-10H2,1-2H3,(H,18,19)(H,20,21). The fourth-order valence-corrected chi connectivity index (χ4v) is 2.72. The van der Waals surface area contributed by atoms with Crippen molar-refractivity contribution < 1.29 is 19.1 Å². The van der Waals surface area contributed by atoms with Crippen molar-refractivity contribution in [2.45, 2.75) is 26.1 Å². The van der Waals surface area contributed by atoms with Crippen LogP contribution in [0, 0.1) is 6.92 Å². The van der Waals surface area contributed by atoms with Crippen LogP contribution in [-0.2, 0) is 12.3 Å². The van der Waals surface area contributed by atoms with E-state index in [1.165, 1.54) is 11.6 Å². The van der Waals surface area contributed by atoms with Gasteiger partial charge in [0.05, 0.1) is 6.54 Å². The SMILES string of the molecule is CCSCc1ccc(C(=O)NCc2cc(C(=O)O)c(C)o2)cc1. The first-order valence-electron chi connectivity index (χ1n) is 7.28. The number of hydrogen-bond acceptors (Lipinski definition) is 4. The van der Waals surface area contributed by atoms with Gasteiger partial charge in [-0.25, -0.2) is 4.79 Å². The number of amides is 1. The number of thioether (sulfide) groups is 1. The number of benzene rings is 1. The zero-order valence-electron chi connectivity index (χ0n) is 13.1. The predicted molar refractivity (Wildman–Crippen MR) is 89.9 cm³/mol. The van der Waals surface area contributed by atoms with Crippen molar-refractivity contribution >= 4 is 23.6 Å². The molecule has 1 aromatic carbocycles. The van der Waals surface area contributed by atoms with Crippen LogP contribution in [0.4, 0.5) is 0 Å². The van der Waals surface area contributed by atoms with Gasteiger partial charge in [-0.1, -0.05) is 19.1 Å². The molecule has 0 bridgehead atoms. The van der Waals surface area contributed by atoms with Gasteiger partial charge in [0.15, 0.2) is 0 Å². The van der Waals surface area contributed by atoms with E-state index in [9.17, 15) is 9.59 Å². The summed E-state index contributed by atoms with van der Waals surface area (Å²) in [5.74, 6) is 1.49. The van der Waals surface area contributed by atoms with Crippen LogP contribution in [0.3, 0.4) is 0 Å². The second-order valence-electron chi connectivity index (χ2n) is 5.00. The van der Waals surface area contributed by atoms with Gasteiger partial charge in [0.2, 0.25) is 0 Å². The number of aromatic carboxylic acids is 1. The summed E-state index contributed by atoms with van der Waals surface area (Å²) in [5, 5.41) is 11.7. The quantitative estimate of drug-likeness (QED) is 0.811. The Morgan fingerprint density at radius 1 is 1.26 bits per heavy atom. The molecule has 0 aliphatic rings. The Morgan fingerprint density at radius 3 is 2.52 bits per heavy atom. The third-order valence-electron chi connectivity index (χ3n) is 3.31. The highest BCUT2D eigenvalue weighted by atomic mass is 32.2. The Hall–Kier alpha value is -2.21. The van der Waals surface area contributed by atoms with E-state index in [2.05, 4.69) is 12.2 Å². The molecule has 0 aliphatic carbocycles. The van der Waals surface area contributed by atoms with Gasteiger partial charge in [-0.3, -0.25) is 4.79 Å². The van der Waals surface area contributed by atoms with E-state index in [0.29, 0.717) is 17.1 Å². The molecule has 0 unspecified atom stereocenters. The Balaban J connectivity index is 1.94. The van der Waals surface area contributed by atoms with Crippen LogP contribution in [0.15, 0.2) is 34.7 Å². The zero-order chi connectivity index (χ0) is 16.8. The van der Waals surface area contributed by atoms with E-state index in [1.54, 1.807) is 19.1 Å². The molecule has 2 rings (SSSR count). The summed E-state index contributed by atoms with van der Waals surface area (Å²) in [6, 6.07) is 8.89. The molecule has 23 heavy (non-hydrogen) atoms. The molecule has 1 heterocycles. The third kappa shape index (κ3) is 4.63. The minimum Gasteiger partial charge on any atom is -0.478 e. The van der Waals surface area contributed by atoms with E-state index >= 15 is 0 Å². The van der Waals surface area contributed by atoms with Gasteiger partial charge in [-0.2, -0.15) is 11.8 Å². The van der Waals surface area contributed by atoms with Crippen molar-refractivity contribution in [3.05, 3.63) is 58.5 Å². The number of furan rings is 1. The van der Waals surface area contributed by atoms with Crippen molar-refractivity contribution in [2.24, 2.45) is 0 Å². The molecule has 0 saturated heterocycles. The molecule has 0 saturated carbocycles. The van der Waals surface area contributed by atoms with Crippen molar-refractivity contribution in [3.8, 4) is 0 Å². The summed E-state index contributed by atoms with van der Waals surface area (Å²) in [5.41, 5.74) is 1.87. The van der Waals surface area contributed by atoms with E-state index in [1.807, 2.05) is 23.9 Å². The van der Waals surface area contributed by atoms with E-state index < -0.39 is 5.97 Å². The Labute approximate surface area is 139 Å². The molecule has 122 valence electrons. The highest BCUT2D eigenvalue weighted by molar-refractivity contribution is 7.98. The van der Waals surface area contributed by atoms with Crippen molar-refractivity contribution in [3.63, 3.8) is 0 Å². The van der Waals surface area contributed by atoms with Gasteiger partial charge in [-0.15, -0.1) is 0 Å². The number of carbonyl (C=O) groups excluding carboxylic acids is 1. The second-order valence-corrected chi connectivity index (χ2v) is 6.28. The number of carboxylic acids is 1. The van der Waals surface area contributed by atoms with Crippen molar-refractivity contribution in [1.82, 2.24) is 5.32 Å². The number of hydrogen-bond donors (Lipinski definition) is 2. The van der Waals surface area contributed by atoms with Gasteiger partial charge in [-0.05, 0) is 36.4 Å². The topological polar surface area (TPSA) is 79.5 Å². The van der Waals surface area contributed by atoms with Crippen LogP contribution >= 0.6 is 11.8 Å². The van der Waals surface area contributed by atoms with Crippen LogP contribution in [-0.4, -0.2) is 22.7 Å². The zero-order valence-corrected chi connectivity index (χ0v) is 13.9. The summed E-state index contributed by atoms with van der Waals surface area (Å²) >= 11 is 1.83. The van der Waals surface area contributed by atoms with Crippen LogP contribution in [0.5, 0.6) is 0 Å². The maximum atomic E-state index is 12.1. The molecular formula is C17H19NO4S. The monoisotopic (exact) mass is 333 g/mol. The fraction of sp³-hybridized carbons (Fsp3) is 0.294. The molecule has 0 radical (unpaired) electrons. The summed E-state index contributed by atoms with van der Waals surface area (Å²) in [4.78, 5) is 23.0. The highest BCUT2D eigenvalue weighted by Crippen LogP contribution is 2.15. The van der Waals surface area contributed by atoms with Gasteiger partial charge in [0.1, 0.15) is 17.1 Å². The third-order valence-corrected chi connectivity index (χ3v) is 4.26. The molecule has 0 spiro atoms. The average molecular weight is 333 g/mol. The minimum absolute atomic E-state index is 0.118. The Bertz CT molecular complexity index is 691. The van der Waals surface area contributed by atoms with Gasteiger partial charge in [0.25, 0.3) is 5.91 Å². The van der Waals surface area contributed by atoms with Crippen molar-refractivity contribution in [2.75, 3.05) is 5.75 Å². The first-order valence-corrected chi connectivity index (χ1v) is 8.44. The Morgan fingerprint density at radius 2 is 1.96 bits per heavy atom. The number of carbonyl (C=O) groups is 2. The lowest BCUT2D eigenvalue weighted by molar-refractivity contribution is 0.0694. The lowest BCUT2D eigenvalue weighted by Crippen LogP contribution is -2.22. The van der Waals surface area contributed by atoms with Crippen molar-refractivity contribution in [1.29, 1.82) is 0 Å². The summed E-state index contributed by atoms with van der Waals surface area (Å²) in [7, 11) is 0. The average Bonchev–Trinajstić information content (AvgIpc) is 2.92. The van der Waals surface area contributed by atoms with Crippen LogP contribution in [0.1, 0.15) is 44.7 Å². The van der Waals surface area contributed by atoms with E-state index in [-0.39, 0.29) is 18.0 Å². The second kappa shape index (κ2) is 7.87. The fourth-order valence-electron chi connectivity index (χ4n) is 2.08. The van der Waals surface area contributed by atoms with E-state index in [0.717, 1.165) is 11.5 Å². The normalized spacial score (nSPS) is 10.5. The molecular weight excluding hydrogens is 314 g/mol. The first-order chi connectivity index (χ1) is 11.0. The smallest absolute Gasteiger partial charge is 0.339 e. The highest BCUT2D eigenvalue weighted by Gasteiger charge is 2.14. The first kappa shape index (κ1) is 17.1. The lowest BCUT2D eigenvalue weighted by atomic mass is 10.1. The number of carboxylic acid groups (broad SMARTS) is 1. The van der Waals surface area contributed by atoms with Gasteiger partial charge < -0.3 is 14.8 Å². The van der Waals surface area contributed by atoms with Crippen LogP contribution < -0.4 is 5.32 Å². The maximum absolute atomic E-state index is 12.1. The number of nitrogens with one attached hydrogen (secondary N) is 1. The molecule has 2 aromatic rings. The summed E-state index contributed by atoms with van der Waals surface area (Å²) in [6.45, 7) is 3.85. The number of aryl methyl sites for hydroxylation is 1. The number of rotatable bonds is 7. The van der Waals surface area contributed by atoms with Gasteiger partial charge >= 0.3 is 5.97 Å². The molecule has 0 aliphatic heterocycles. The molecule has 0 atom stereocenters. The molecule has 5 nitrogen and oxygen atoms in total. The van der Waals surface area contributed by atoms with E-state index in [4.69, 9.17) is 9.52 Å². The lowest BCUT2D eigenvalue weighted by Gasteiger charge is -2.05. The maximum Gasteiger partial charge on any atom is 0.339 e. The molecule has 1 amide bonds. The molecule has 1 aromatic heterocycles. The Kier molecular flexibility index (Phi) is 5.87. The largest absolute Gasteiger partial charge is 0.478 e. The van der Waals surface area contributed by atoms with Crippen LogP contribution in [0.25, 0.3) is 0 Å². The van der Waals surface area contributed by atoms with Crippen LogP contribution in [0.2, 0.25) is 0 Å². The predicted octanol–water partition coefficient (Wildman–Crippen LogP) is 3.47. The summed E-state index contributed by atoms with van der Waals surface area (Å²) in [6.07, 6.45) is 0. The minimum atomic E-state index is -1.04. The molecule has 6 heteroatoms. The molecule has 0 fully saturated rings. The van der Waals surface area contributed by atoms with Gasteiger partial charge in [0, 0.05) is 11.3 Å². The molecule has 2 N–H and O–H groups in total. The summed E-state index contributed by atoms with van der Waals surface area (Å²) < 4.78 is 5.33.